The molecule has 1 aliphatic heterocycles. The summed E-state index contributed by atoms with van der Waals surface area (Å²) in [6.45, 7) is 2.86. The number of rotatable bonds is 6. The minimum absolute atomic E-state index is 0.0488. The molecule has 32 heavy (non-hydrogen) atoms. The third kappa shape index (κ3) is 3.46. The molecule has 5 rings (SSSR count). The summed E-state index contributed by atoms with van der Waals surface area (Å²) in [5.74, 6) is 1.03. The van der Waals surface area contributed by atoms with Crippen LogP contribution in [0.3, 0.4) is 0 Å². The lowest BCUT2D eigenvalue weighted by molar-refractivity contribution is 0.0701. The molecule has 2 aromatic carbocycles. The van der Waals surface area contributed by atoms with Gasteiger partial charge in [-0.2, -0.15) is 0 Å². The first-order valence-corrected chi connectivity index (χ1v) is 10.8. The lowest BCUT2D eigenvalue weighted by Crippen LogP contribution is -2.29. The van der Waals surface area contributed by atoms with Crippen LogP contribution in [0.2, 0.25) is 5.02 Å². The van der Waals surface area contributed by atoms with Crippen LogP contribution in [0.5, 0.6) is 5.75 Å². The number of carbonyl (C=O) groups excluding carboxylic acids is 1. The Kier molecular flexibility index (Phi) is 5.23. The molecule has 1 aliphatic rings. The van der Waals surface area contributed by atoms with E-state index in [2.05, 4.69) is 0 Å². The topological polar surface area (TPSA) is 72.9 Å². The van der Waals surface area contributed by atoms with Gasteiger partial charge in [0.15, 0.2) is 5.43 Å². The second-order valence-electron chi connectivity index (χ2n) is 7.65. The summed E-state index contributed by atoms with van der Waals surface area (Å²) in [6, 6.07) is 15.2. The van der Waals surface area contributed by atoms with Crippen LogP contribution >= 0.6 is 11.6 Å². The Balaban J connectivity index is 1.66. The fourth-order valence-corrected chi connectivity index (χ4v) is 4.21. The van der Waals surface area contributed by atoms with Crippen LogP contribution in [0.25, 0.3) is 11.0 Å². The molecule has 7 heteroatoms. The Morgan fingerprint density at radius 1 is 1.09 bits per heavy atom. The number of fused-ring (bicyclic) bond motifs is 2. The molecule has 0 fully saturated rings. The Bertz CT molecular complexity index is 1340. The summed E-state index contributed by atoms with van der Waals surface area (Å²) in [5.41, 5.74) is 1.14. The third-order valence-corrected chi connectivity index (χ3v) is 5.74. The minimum atomic E-state index is -0.623. The SMILES string of the molecule is CCCOc1ccc(C2c3c(oc4ccc(Cl)cc4c3=O)C(=O)N2Cc2ccco2)cc1. The maximum Gasteiger partial charge on any atom is 0.291 e. The van der Waals surface area contributed by atoms with Crippen LogP contribution in [0.4, 0.5) is 0 Å². The Labute approximate surface area is 189 Å². The van der Waals surface area contributed by atoms with Crippen LogP contribution in [-0.4, -0.2) is 17.4 Å². The van der Waals surface area contributed by atoms with Gasteiger partial charge in [-0.15, -0.1) is 0 Å². The summed E-state index contributed by atoms with van der Waals surface area (Å²) in [4.78, 5) is 28.5. The molecule has 1 unspecified atom stereocenters. The Hall–Kier alpha value is -3.51. The molecule has 162 valence electrons. The molecule has 1 amide bonds. The van der Waals surface area contributed by atoms with Crippen molar-refractivity contribution in [3.8, 4) is 5.75 Å². The number of furan rings is 1. The summed E-state index contributed by atoms with van der Waals surface area (Å²) >= 11 is 6.12. The maximum absolute atomic E-state index is 13.5. The van der Waals surface area contributed by atoms with Gasteiger partial charge in [-0.1, -0.05) is 30.7 Å². The summed E-state index contributed by atoms with van der Waals surface area (Å²) in [7, 11) is 0. The van der Waals surface area contributed by atoms with Gasteiger partial charge in [-0.05, 0) is 54.4 Å². The van der Waals surface area contributed by atoms with E-state index in [4.69, 9.17) is 25.2 Å². The molecule has 0 bridgehead atoms. The van der Waals surface area contributed by atoms with E-state index >= 15 is 0 Å². The monoisotopic (exact) mass is 449 g/mol. The molecule has 0 saturated heterocycles. The van der Waals surface area contributed by atoms with Crippen molar-refractivity contribution in [2.75, 3.05) is 6.61 Å². The highest BCUT2D eigenvalue weighted by Crippen LogP contribution is 2.39. The van der Waals surface area contributed by atoms with Crippen molar-refractivity contribution in [1.82, 2.24) is 4.90 Å². The van der Waals surface area contributed by atoms with Gasteiger partial charge in [0.25, 0.3) is 5.91 Å². The molecule has 0 aliphatic carbocycles. The fraction of sp³-hybridized carbons (Fsp3) is 0.200. The predicted octanol–water partition coefficient (Wildman–Crippen LogP) is 5.57. The zero-order valence-electron chi connectivity index (χ0n) is 17.3. The molecule has 0 N–H and O–H groups in total. The molecular formula is C25H20ClNO5. The molecule has 1 atom stereocenters. The lowest BCUT2D eigenvalue weighted by atomic mass is 9.98. The van der Waals surface area contributed by atoms with Crippen LogP contribution in [0.15, 0.2) is 74.5 Å². The number of hydrogen-bond acceptors (Lipinski definition) is 5. The first kappa shape index (κ1) is 20.4. The van der Waals surface area contributed by atoms with Crippen LogP contribution in [0.1, 0.15) is 46.8 Å². The predicted molar refractivity (Wildman–Crippen MR) is 120 cm³/mol. The largest absolute Gasteiger partial charge is 0.494 e. The van der Waals surface area contributed by atoms with Crippen LogP contribution in [-0.2, 0) is 6.54 Å². The van der Waals surface area contributed by atoms with E-state index < -0.39 is 6.04 Å². The van der Waals surface area contributed by atoms with Crippen molar-refractivity contribution in [3.63, 3.8) is 0 Å². The Morgan fingerprint density at radius 3 is 2.62 bits per heavy atom. The highest BCUT2D eigenvalue weighted by atomic mass is 35.5. The van der Waals surface area contributed by atoms with Crippen molar-refractivity contribution in [3.05, 3.63) is 98.8 Å². The number of benzene rings is 2. The summed E-state index contributed by atoms with van der Waals surface area (Å²) in [5, 5.41) is 0.771. The molecule has 2 aromatic heterocycles. The van der Waals surface area contributed by atoms with Gasteiger partial charge < -0.3 is 18.5 Å². The van der Waals surface area contributed by atoms with E-state index in [1.165, 1.54) is 0 Å². The van der Waals surface area contributed by atoms with Crippen LogP contribution in [0, 0.1) is 0 Å². The first-order chi connectivity index (χ1) is 15.6. The molecule has 0 saturated carbocycles. The second-order valence-corrected chi connectivity index (χ2v) is 8.08. The lowest BCUT2D eigenvalue weighted by Gasteiger charge is -2.24. The van der Waals surface area contributed by atoms with E-state index in [-0.39, 0.29) is 23.6 Å². The first-order valence-electron chi connectivity index (χ1n) is 10.4. The zero-order chi connectivity index (χ0) is 22.2. The molecule has 3 heterocycles. The maximum atomic E-state index is 13.5. The van der Waals surface area contributed by atoms with Gasteiger partial charge in [-0.3, -0.25) is 9.59 Å². The van der Waals surface area contributed by atoms with Crippen molar-refractivity contribution in [2.45, 2.75) is 25.9 Å². The van der Waals surface area contributed by atoms with E-state index in [9.17, 15) is 9.59 Å². The number of nitrogens with zero attached hydrogens (tertiary/aromatic N) is 1. The van der Waals surface area contributed by atoms with Crippen molar-refractivity contribution in [1.29, 1.82) is 0 Å². The van der Waals surface area contributed by atoms with Gasteiger partial charge in [0.2, 0.25) is 5.76 Å². The van der Waals surface area contributed by atoms with E-state index in [1.54, 1.807) is 41.5 Å². The number of carbonyl (C=O) groups is 1. The van der Waals surface area contributed by atoms with E-state index in [1.807, 2.05) is 31.2 Å². The average Bonchev–Trinajstić information content (AvgIpc) is 3.41. The number of amides is 1. The highest BCUT2D eigenvalue weighted by molar-refractivity contribution is 6.31. The molecule has 4 aromatic rings. The number of ether oxygens (including phenoxy) is 1. The van der Waals surface area contributed by atoms with Crippen molar-refractivity contribution in [2.24, 2.45) is 0 Å². The van der Waals surface area contributed by atoms with Crippen molar-refractivity contribution >= 4 is 28.5 Å². The van der Waals surface area contributed by atoms with Gasteiger partial charge >= 0.3 is 0 Å². The normalized spacial score (nSPS) is 15.4. The minimum Gasteiger partial charge on any atom is -0.494 e. The van der Waals surface area contributed by atoms with E-state index in [0.717, 1.165) is 17.7 Å². The Morgan fingerprint density at radius 2 is 1.91 bits per heavy atom. The number of hydrogen-bond donors (Lipinski definition) is 0. The summed E-state index contributed by atoms with van der Waals surface area (Å²) < 4.78 is 17.1. The summed E-state index contributed by atoms with van der Waals surface area (Å²) in [6.07, 6.45) is 2.46. The molecule has 6 nitrogen and oxygen atoms in total. The van der Waals surface area contributed by atoms with Crippen LogP contribution < -0.4 is 10.2 Å². The van der Waals surface area contributed by atoms with Crippen molar-refractivity contribution < 1.29 is 18.4 Å². The quantitative estimate of drug-likeness (QED) is 0.384. The standard InChI is InChI=1S/C25H20ClNO5/c1-2-11-30-17-8-5-15(6-9-17)22-21-23(28)19-13-16(26)7-10-20(19)32-24(21)25(29)27(22)14-18-4-3-12-31-18/h3-10,12-13,22H,2,11,14H2,1H3. The molecule has 0 radical (unpaired) electrons. The average molecular weight is 450 g/mol. The zero-order valence-corrected chi connectivity index (χ0v) is 18.1. The highest BCUT2D eigenvalue weighted by Gasteiger charge is 2.43. The van der Waals surface area contributed by atoms with Gasteiger partial charge in [0.1, 0.15) is 17.1 Å². The molecule has 0 spiro atoms. The molecular weight excluding hydrogens is 430 g/mol. The smallest absolute Gasteiger partial charge is 0.291 e. The fourth-order valence-electron chi connectivity index (χ4n) is 4.04. The van der Waals surface area contributed by atoms with Gasteiger partial charge in [0, 0.05) is 5.02 Å². The number of halogens is 1. The third-order valence-electron chi connectivity index (χ3n) is 5.50. The van der Waals surface area contributed by atoms with Gasteiger partial charge in [0.05, 0.1) is 36.4 Å². The van der Waals surface area contributed by atoms with E-state index in [0.29, 0.717) is 33.9 Å². The van der Waals surface area contributed by atoms with Gasteiger partial charge in [-0.25, -0.2) is 0 Å². The second kappa shape index (κ2) is 8.20.